The molecule has 1 aliphatic heterocycles. The highest BCUT2D eigenvalue weighted by atomic mass is 32.2. The van der Waals surface area contributed by atoms with E-state index in [9.17, 15) is 13.2 Å². The Morgan fingerprint density at radius 2 is 2.35 bits per heavy atom. The van der Waals surface area contributed by atoms with Crippen molar-refractivity contribution in [1.29, 1.82) is 0 Å². The Balaban J connectivity index is 2.17. The van der Waals surface area contributed by atoms with Crippen molar-refractivity contribution in [2.45, 2.75) is 18.9 Å². The highest BCUT2D eigenvalue weighted by Gasteiger charge is 2.28. The predicted molar refractivity (Wildman–Crippen MR) is 72.4 cm³/mol. The van der Waals surface area contributed by atoms with Gasteiger partial charge in [0.05, 0.1) is 11.4 Å². The van der Waals surface area contributed by atoms with Crippen molar-refractivity contribution in [2.24, 2.45) is 5.73 Å². The number of hydrogen-bond acceptors (Lipinski definition) is 5. The molecule has 0 saturated carbocycles. The number of rotatable bonds is 5. The van der Waals surface area contributed by atoms with Crippen molar-refractivity contribution in [3.8, 4) is 0 Å². The molecule has 2 rings (SSSR count). The molecule has 4 N–H and O–H groups in total. The minimum absolute atomic E-state index is 0.330. The van der Waals surface area contributed by atoms with E-state index in [-0.39, 0.29) is 6.54 Å². The van der Waals surface area contributed by atoms with Gasteiger partial charge in [0.2, 0.25) is 0 Å². The fraction of sp³-hybridized carbons (Fsp3) is 0.455. The summed E-state index contributed by atoms with van der Waals surface area (Å²) < 4.78 is 27.8. The molecule has 0 fully saturated rings. The summed E-state index contributed by atoms with van der Waals surface area (Å²) in [4.78, 5) is 14.8. The zero-order valence-electron chi connectivity index (χ0n) is 10.7. The van der Waals surface area contributed by atoms with E-state index >= 15 is 0 Å². The maximum atomic E-state index is 12.2. The van der Waals surface area contributed by atoms with Crippen LogP contribution in [0.25, 0.3) is 0 Å². The number of nitrogens with one attached hydrogen (secondary N) is 1. The van der Waals surface area contributed by atoms with Crippen LogP contribution in [-0.4, -0.2) is 43.6 Å². The van der Waals surface area contributed by atoms with E-state index in [0.29, 0.717) is 24.3 Å². The molecule has 1 aromatic heterocycles. The van der Waals surface area contributed by atoms with Crippen molar-refractivity contribution in [2.75, 3.05) is 17.4 Å². The normalized spacial score (nSPS) is 16.6. The van der Waals surface area contributed by atoms with E-state index in [1.54, 1.807) is 18.3 Å². The van der Waals surface area contributed by atoms with E-state index < -0.39 is 22.2 Å². The van der Waals surface area contributed by atoms with Crippen LogP contribution in [0.5, 0.6) is 0 Å². The quantitative estimate of drug-likeness (QED) is 0.645. The van der Waals surface area contributed by atoms with E-state index in [1.807, 2.05) is 0 Å². The second kappa shape index (κ2) is 5.73. The number of aryl methyl sites for hydroxylation is 1. The number of fused-ring (bicyclic) bond motifs is 1. The van der Waals surface area contributed by atoms with Gasteiger partial charge in [-0.2, -0.15) is 13.1 Å². The maximum Gasteiger partial charge on any atom is 0.321 e. The summed E-state index contributed by atoms with van der Waals surface area (Å²) in [7, 11) is -3.83. The molecule has 9 heteroatoms. The third kappa shape index (κ3) is 3.06. The van der Waals surface area contributed by atoms with Gasteiger partial charge >= 0.3 is 16.2 Å². The number of carbonyl (C=O) groups is 1. The number of aromatic nitrogens is 1. The van der Waals surface area contributed by atoms with Gasteiger partial charge < -0.3 is 10.8 Å². The van der Waals surface area contributed by atoms with E-state index in [0.717, 1.165) is 6.42 Å². The van der Waals surface area contributed by atoms with E-state index in [4.69, 9.17) is 10.8 Å². The Kier molecular flexibility index (Phi) is 4.21. The van der Waals surface area contributed by atoms with Crippen molar-refractivity contribution in [1.82, 2.24) is 9.71 Å². The highest BCUT2D eigenvalue weighted by Crippen LogP contribution is 2.26. The monoisotopic (exact) mass is 300 g/mol. The summed E-state index contributed by atoms with van der Waals surface area (Å²) in [5, 5.41) is 8.66. The molecule has 0 unspecified atom stereocenters. The van der Waals surface area contributed by atoms with Crippen LogP contribution in [0.2, 0.25) is 0 Å². The number of nitrogens with two attached hydrogens (primary N) is 1. The Morgan fingerprint density at radius 1 is 1.60 bits per heavy atom. The smallest absolute Gasteiger partial charge is 0.321 e. The molecule has 0 aliphatic carbocycles. The topological polar surface area (TPSA) is 126 Å². The molecule has 8 nitrogen and oxygen atoms in total. The summed E-state index contributed by atoms with van der Waals surface area (Å²) in [6.07, 6.45) is 3.00. The van der Waals surface area contributed by atoms with Crippen molar-refractivity contribution in [3.63, 3.8) is 0 Å². The van der Waals surface area contributed by atoms with E-state index in [1.165, 1.54) is 4.31 Å². The van der Waals surface area contributed by atoms with Gasteiger partial charge in [0.25, 0.3) is 0 Å². The van der Waals surface area contributed by atoms with Crippen LogP contribution in [0.4, 0.5) is 5.69 Å². The molecule has 1 aromatic rings. The summed E-state index contributed by atoms with van der Waals surface area (Å²) in [5.74, 6) is -1.26. The van der Waals surface area contributed by atoms with Gasteiger partial charge in [-0.3, -0.25) is 14.1 Å². The Bertz CT molecular complexity index is 604. The lowest BCUT2D eigenvalue weighted by atomic mass is 10.1. The van der Waals surface area contributed by atoms with Crippen LogP contribution in [-0.2, 0) is 21.4 Å². The fourth-order valence-electron chi connectivity index (χ4n) is 1.97. The number of aliphatic carboxylic acids is 1. The van der Waals surface area contributed by atoms with Crippen LogP contribution in [0, 0.1) is 0 Å². The molecule has 0 bridgehead atoms. The molecule has 0 aromatic carbocycles. The molecule has 1 aliphatic rings. The Morgan fingerprint density at radius 3 is 3.05 bits per heavy atom. The molecule has 2 heterocycles. The Labute approximate surface area is 116 Å². The first kappa shape index (κ1) is 14.7. The van der Waals surface area contributed by atoms with Gasteiger partial charge in [-0.05, 0) is 25.0 Å². The number of nitrogens with zero attached hydrogens (tertiary/aromatic N) is 2. The number of carboxylic acids is 1. The van der Waals surface area contributed by atoms with Gasteiger partial charge in [0, 0.05) is 19.3 Å². The van der Waals surface area contributed by atoms with Crippen LogP contribution < -0.4 is 14.8 Å². The van der Waals surface area contributed by atoms with Gasteiger partial charge in [-0.25, -0.2) is 0 Å². The first-order valence-corrected chi connectivity index (χ1v) is 7.55. The van der Waals surface area contributed by atoms with Crippen molar-refractivity contribution in [3.05, 3.63) is 24.0 Å². The third-order valence-corrected chi connectivity index (χ3v) is 4.49. The standard InChI is InChI=1S/C11H16N4O4S/c12-8(11(16)17)7-14-20(18,19)15-6-2-3-9-10(15)4-1-5-13-9/h1,4-5,8,14H,2-3,6-7,12H2,(H,16,17)/t8-/m0/s1. The predicted octanol–water partition coefficient (Wildman–Crippen LogP) is -0.919. The molecule has 110 valence electrons. The fourth-order valence-corrected chi connectivity index (χ4v) is 3.31. The highest BCUT2D eigenvalue weighted by molar-refractivity contribution is 7.90. The molecule has 0 spiro atoms. The average Bonchev–Trinajstić information content (AvgIpc) is 2.44. The minimum Gasteiger partial charge on any atom is -0.480 e. The average molecular weight is 300 g/mol. The lowest BCUT2D eigenvalue weighted by Gasteiger charge is -2.29. The molecule has 20 heavy (non-hydrogen) atoms. The lowest BCUT2D eigenvalue weighted by Crippen LogP contribution is -2.49. The number of pyridine rings is 1. The number of carboxylic acid groups (broad SMARTS) is 1. The number of hydrogen-bond donors (Lipinski definition) is 3. The van der Waals surface area contributed by atoms with Crippen LogP contribution >= 0.6 is 0 Å². The number of anilines is 1. The molecular formula is C11H16N4O4S. The largest absolute Gasteiger partial charge is 0.480 e. The van der Waals surface area contributed by atoms with Gasteiger partial charge in [-0.1, -0.05) is 0 Å². The maximum absolute atomic E-state index is 12.2. The van der Waals surface area contributed by atoms with Crippen LogP contribution in [0.3, 0.4) is 0 Å². The SMILES string of the molecule is N[C@@H](CNS(=O)(=O)N1CCCc2ncccc21)C(=O)O. The summed E-state index contributed by atoms with van der Waals surface area (Å²) in [6.45, 7) is -0.0277. The van der Waals surface area contributed by atoms with Crippen LogP contribution in [0.1, 0.15) is 12.1 Å². The summed E-state index contributed by atoms with van der Waals surface area (Å²) in [6, 6.07) is 2.07. The first-order valence-electron chi connectivity index (χ1n) is 6.11. The van der Waals surface area contributed by atoms with Crippen molar-refractivity contribution >= 4 is 21.9 Å². The molecule has 0 saturated heterocycles. The zero-order valence-corrected chi connectivity index (χ0v) is 11.5. The summed E-state index contributed by atoms with van der Waals surface area (Å²) >= 11 is 0. The second-order valence-corrected chi connectivity index (χ2v) is 6.12. The van der Waals surface area contributed by atoms with E-state index in [2.05, 4.69) is 9.71 Å². The van der Waals surface area contributed by atoms with Gasteiger partial charge in [0.1, 0.15) is 6.04 Å². The molecular weight excluding hydrogens is 284 g/mol. The second-order valence-electron chi connectivity index (χ2n) is 4.44. The summed E-state index contributed by atoms with van der Waals surface area (Å²) in [5.41, 5.74) is 6.53. The van der Waals surface area contributed by atoms with Gasteiger partial charge in [-0.15, -0.1) is 0 Å². The minimum atomic E-state index is -3.83. The molecule has 1 atom stereocenters. The van der Waals surface area contributed by atoms with Crippen LogP contribution in [0.15, 0.2) is 18.3 Å². The zero-order chi connectivity index (χ0) is 14.8. The first-order chi connectivity index (χ1) is 9.42. The Hall–Kier alpha value is -1.71. The third-order valence-electron chi connectivity index (χ3n) is 3.00. The van der Waals surface area contributed by atoms with Crippen molar-refractivity contribution < 1.29 is 18.3 Å². The lowest BCUT2D eigenvalue weighted by molar-refractivity contribution is -0.138. The molecule has 0 radical (unpaired) electrons. The van der Waals surface area contributed by atoms with Gasteiger partial charge in [0.15, 0.2) is 0 Å². The molecule has 0 amide bonds.